The van der Waals surface area contributed by atoms with Gasteiger partial charge in [0.25, 0.3) is 0 Å². The molecule has 0 radical (unpaired) electrons. The number of rotatable bonds is 8. The molecule has 0 bridgehead atoms. The third-order valence-electron chi connectivity index (χ3n) is 4.93. The third-order valence-corrected chi connectivity index (χ3v) is 4.93. The highest BCUT2D eigenvalue weighted by Gasteiger charge is 2.34. The normalized spacial score (nSPS) is 30.3. The maximum absolute atomic E-state index is 9.10. The van der Waals surface area contributed by atoms with E-state index in [1.807, 2.05) is 0 Å². The predicted molar refractivity (Wildman–Crippen MR) is 76.6 cm³/mol. The van der Waals surface area contributed by atoms with Crippen LogP contribution in [0, 0.1) is 17.8 Å². The Kier molecular flexibility index (Phi) is 5.97. The number of hydrogen-bond donors (Lipinski definition) is 2. The fraction of sp³-hybridized carbons (Fsp3) is 1.00. The van der Waals surface area contributed by atoms with Gasteiger partial charge in [-0.25, -0.2) is 0 Å². The molecule has 106 valence electrons. The highest BCUT2D eigenvalue weighted by molar-refractivity contribution is 4.88. The van der Waals surface area contributed by atoms with Gasteiger partial charge in [0.1, 0.15) is 0 Å². The molecule has 3 atom stereocenters. The van der Waals surface area contributed by atoms with Gasteiger partial charge in [-0.3, -0.25) is 0 Å². The summed E-state index contributed by atoms with van der Waals surface area (Å²) < 4.78 is 0. The van der Waals surface area contributed by atoms with E-state index in [2.05, 4.69) is 12.2 Å². The molecule has 0 spiro atoms. The summed E-state index contributed by atoms with van der Waals surface area (Å²) in [6.07, 6.45) is 12.2. The molecule has 3 unspecified atom stereocenters. The molecular weight excluding hydrogens is 222 g/mol. The first-order chi connectivity index (χ1) is 8.83. The zero-order chi connectivity index (χ0) is 12.8. The van der Waals surface area contributed by atoms with Crippen molar-refractivity contribution in [2.24, 2.45) is 17.8 Å². The molecule has 0 amide bonds. The Labute approximate surface area is 113 Å². The lowest BCUT2D eigenvalue weighted by Gasteiger charge is -2.31. The molecule has 2 saturated carbocycles. The molecule has 18 heavy (non-hydrogen) atoms. The third kappa shape index (κ3) is 4.55. The van der Waals surface area contributed by atoms with Gasteiger partial charge in [-0.1, -0.05) is 26.2 Å². The van der Waals surface area contributed by atoms with E-state index in [0.717, 1.165) is 30.8 Å². The van der Waals surface area contributed by atoms with Crippen molar-refractivity contribution in [1.82, 2.24) is 5.32 Å². The van der Waals surface area contributed by atoms with E-state index in [0.29, 0.717) is 12.5 Å². The Balaban J connectivity index is 1.67. The molecule has 2 heteroatoms. The largest absolute Gasteiger partial charge is 0.396 e. The van der Waals surface area contributed by atoms with Crippen LogP contribution in [0.5, 0.6) is 0 Å². The van der Waals surface area contributed by atoms with Crippen molar-refractivity contribution >= 4 is 0 Å². The molecule has 0 aromatic heterocycles. The van der Waals surface area contributed by atoms with E-state index >= 15 is 0 Å². The second-order valence-electron chi connectivity index (χ2n) is 6.54. The van der Waals surface area contributed by atoms with Crippen LogP contribution >= 0.6 is 0 Å². The Hall–Kier alpha value is -0.0800. The van der Waals surface area contributed by atoms with Crippen LogP contribution in [0.2, 0.25) is 0 Å². The number of nitrogens with one attached hydrogen (secondary N) is 1. The van der Waals surface area contributed by atoms with E-state index in [9.17, 15) is 0 Å². The molecule has 2 rings (SSSR count). The minimum Gasteiger partial charge on any atom is -0.396 e. The van der Waals surface area contributed by atoms with Crippen LogP contribution in [0.1, 0.15) is 64.7 Å². The summed E-state index contributed by atoms with van der Waals surface area (Å²) in [6.45, 7) is 3.71. The number of hydrogen-bond acceptors (Lipinski definition) is 2. The van der Waals surface area contributed by atoms with E-state index in [1.165, 1.54) is 51.4 Å². The zero-order valence-corrected chi connectivity index (χ0v) is 12.0. The summed E-state index contributed by atoms with van der Waals surface area (Å²) in [4.78, 5) is 0. The number of aliphatic hydroxyl groups excluding tert-OH is 1. The molecular formula is C16H31NO. The Morgan fingerprint density at radius 2 is 1.94 bits per heavy atom. The topological polar surface area (TPSA) is 32.3 Å². The average Bonchev–Trinajstić information content (AvgIpc) is 3.21. The van der Waals surface area contributed by atoms with Crippen molar-refractivity contribution in [3.05, 3.63) is 0 Å². The van der Waals surface area contributed by atoms with Gasteiger partial charge in [0.2, 0.25) is 0 Å². The minimum absolute atomic E-state index is 0.349. The van der Waals surface area contributed by atoms with Crippen LogP contribution < -0.4 is 5.32 Å². The standard InChI is InChI=1S/C16H31NO/c1-2-4-13(9-10-18)12-17-16-6-3-5-15(11-16)14-7-8-14/h13-18H,2-12H2,1H3. The van der Waals surface area contributed by atoms with Gasteiger partial charge in [0.15, 0.2) is 0 Å². The van der Waals surface area contributed by atoms with E-state index in [4.69, 9.17) is 5.11 Å². The smallest absolute Gasteiger partial charge is 0.0434 e. The van der Waals surface area contributed by atoms with Crippen LogP contribution in [0.3, 0.4) is 0 Å². The summed E-state index contributed by atoms with van der Waals surface area (Å²) >= 11 is 0. The number of aliphatic hydroxyl groups is 1. The lowest BCUT2D eigenvalue weighted by Crippen LogP contribution is -2.37. The van der Waals surface area contributed by atoms with Crippen LogP contribution in [0.25, 0.3) is 0 Å². The molecule has 2 aliphatic carbocycles. The second kappa shape index (κ2) is 7.49. The van der Waals surface area contributed by atoms with Gasteiger partial charge in [-0.15, -0.1) is 0 Å². The molecule has 0 aromatic carbocycles. The van der Waals surface area contributed by atoms with Gasteiger partial charge in [0.05, 0.1) is 0 Å². The van der Waals surface area contributed by atoms with Crippen molar-refractivity contribution in [3.63, 3.8) is 0 Å². The maximum Gasteiger partial charge on any atom is 0.0434 e. The maximum atomic E-state index is 9.10. The molecule has 2 N–H and O–H groups in total. The lowest BCUT2D eigenvalue weighted by atomic mass is 9.82. The highest BCUT2D eigenvalue weighted by atomic mass is 16.3. The molecule has 0 saturated heterocycles. The molecule has 2 aliphatic rings. The summed E-state index contributed by atoms with van der Waals surface area (Å²) in [5, 5.41) is 12.9. The second-order valence-corrected chi connectivity index (χ2v) is 6.54. The van der Waals surface area contributed by atoms with Crippen molar-refractivity contribution in [2.75, 3.05) is 13.2 Å². The lowest BCUT2D eigenvalue weighted by molar-refractivity contribution is 0.225. The van der Waals surface area contributed by atoms with E-state index in [-0.39, 0.29) is 0 Å². The van der Waals surface area contributed by atoms with Gasteiger partial charge < -0.3 is 10.4 Å². The quantitative estimate of drug-likeness (QED) is 0.695. The average molecular weight is 253 g/mol. The van der Waals surface area contributed by atoms with Crippen LogP contribution in [-0.4, -0.2) is 24.3 Å². The van der Waals surface area contributed by atoms with Crippen molar-refractivity contribution < 1.29 is 5.11 Å². The highest BCUT2D eigenvalue weighted by Crippen LogP contribution is 2.43. The summed E-state index contributed by atoms with van der Waals surface area (Å²) in [7, 11) is 0. The molecule has 0 heterocycles. The fourth-order valence-corrected chi connectivity index (χ4v) is 3.68. The van der Waals surface area contributed by atoms with Gasteiger partial charge in [0, 0.05) is 12.6 Å². The fourth-order valence-electron chi connectivity index (χ4n) is 3.68. The first-order valence-electron chi connectivity index (χ1n) is 8.17. The van der Waals surface area contributed by atoms with Gasteiger partial charge in [-0.05, 0) is 62.8 Å². The van der Waals surface area contributed by atoms with E-state index in [1.54, 1.807) is 0 Å². The Bertz CT molecular complexity index is 221. The molecule has 0 aromatic rings. The summed E-state index contributed by atoms with van der Waals surface area (Å²) in [5.41, 5.74) is 0. The molecule has 2 fully saturated rings. The van der Waals surface area contributed by atoms with Crippen molar-refractivity contribution in [3.8, 4) is 0 Å². The zero-order valence-electron chi connectivity index (χ0n) is 12.0. The van der Waals surface area contributed by atoms with Crippen LogP contribution in [0.4, 0.5) is 0 Å². The molecule has 2 nitrogen and oxygen atoms in total. The first-order valence-corrected chi connectivity index (χ1v) is 8.17. The minimum atomic E-state index is 0.349. The van der Waals surface area contributed by atoms with Crippen molar-refractivity contribution in [2.45, 2.75) is 70.8 Å². The van der Waals surface area contributed by atoms with Crippen LogP contribution in [0.15, 0.2) is 0 Å². The van der Waals surface area contributed by atoms with Crippen molar-refractivity contribution in [1.29, 1.82) is 0 Å². The molecule has 0 aliphatic heterocycles. The summed E-state index contributed by atoms with van der Waals surface area (Å²) in [5.74, 6) is 2.79. The van der Waals surface area contributed by atoms with E-state index < -0.39 is 0 Å². The van der Waals surface area contributed by atoms with Gasteiger partial charge >= 0.3 is 0 Å². The Morgan fingerprint density at radius 3 is 2.61 bits per heavy atom. The van der Waals surface area contributed by atoms with Crippen LogP contribution in [-0.2, 0) is 0 Å². The summed E-state index contributed by atoms with van der Waals surface area (Å²) in [6, 6.07) is 0.766. The SMILES string of the molecule is CCCC(CCO)CNC1CCCC(C2CC2)C1. The predicted octanol–water partition coefficient (Wildman–Crippen LogP) is 3.34. The monoisotopic (exact) mass is 253 g/mol. The Morgan fingerprint density at radius 1 is 1.11 bits per heavy atom. The van der Waals surface area contributed by atoms with Gasteiger partial charge in [-0.2, -0.15) is 0 Å². The first kappa shape index (κ1) is 14.3.